The van der Waals surface area contributed by atoms with Crippen LogP contribution in [0, 0.1) is 11.8 Å². The van der Waals surface area contributed by atoms with E-state index in [0.29, 0.717) is 6.04 Å². The summed E-state index contributed by atoms with van der Waals surface area (Å²) >= 11 is 0. The molecule has 1 aliphatic carbocycles. The molecule has 0 spiro atoms. The van der Waals surface area contributed by atoms with Crippen LogP contribution in [0.3, 0.4) is 0 Å². The van der Waals surface area contributed by atoms with E-state index in [1.54, 1.807) is 0 Å². The molecule has 0 aromatic carbocycles. The van der Waals surface area contributed by atoms with Crippen molar-refractivity contribution in [2.45, 2.75) is 64.8 Å². The summed E-state index contributed by atoms with van der Waals surface area (Å²) in [7, 11) is 0. The third-order valence-electron chi connectivity index (χ3n) is 3.54. The first-order valence-corrected chi connectivity index (χ1v) is 6.27. The molecule has 1 rings (SSSR count). The normalized spacial score (nSPS) is 20.8. The molecule has 0 aliphatic heterocycles. The standard InChI is InChI=1S/C12H26N2/c1-3-5-6-10(4-2)9-12(14-13)11-7-8-11/h10-12,14H,3-9,13H2,1-2H3. The van der Waals surface area contributed by atoms with Gasteiger partial charge in [-0.05, 0) is 31.1 Å². The predicted molar refractivity (Wildman–Crippen MR) is 61.8 cm³/mol. The summed E-state index contributed by atoms with van der Waals surface area (Å²) < 4.78 is 0. The Morgan fingerprint density at radius 2 is 2.07 bits per heavy atom. The highest BCUT2D eigenvalue weighted by molar-refractivity contribution is 4.86. The zero-order valence-corrected chi connectivity index (χ0v) is 9.76. The molecule has 1 aliphatic rings. The molecule has 0 heterocycles. The van der Waals surface area contributed by atoms with Gasteiger partial charge in [-0.3, -0.25) is 11.3 Å². The molecule has 1 fully saturated rings. The molecule has 2 nitrogen and oxygen atoms in total. The van der Waals surface area contributed by atoms with Crippen molar-refractivity contribution in [1.82, 2.24) is 5.43 Å². The maximum Gasteiger partial charge on any atom is 0.0241 e. The summed E-state index contributed by atoms with van der Waals surface area (Å²) in [4.78, 5) is 0. The first-order valence-electron chi connectivity index (χ1n) is 6.27. The molecule has 0 aromatic heterocycles. The van der Waals surface area contributed by atoms with Crippen LogP contribution in [0.15, 0.2) is 0 Å². The summed E-state index contributed by atoms with van der Waals surface area (Å²) in [5.74, 6) is 7.37. The van der Waals surface area contributed by atoms with E-state index in [2.05, 4.69) is 19.3 Å². The van der Waals surface area contributed by atoms with Crippen molar-refractivity contribution in [3.63, 3.8) is 0 Å². The first-order chi connectivity index (χ1) is 6.81. The molecule has 2 unspecified atom stereocenters. The Bertz CT molecular complexity index is 143. The zero-order valence-electron chi connectivity index (χ0n) is 9.76. The lowest BCUT2D eigenvalue weighted by atomic mass is 9.90. The molecule has 0 bridgehead atoms. The van der Waals surface area contributed by atoms with Crippen LogP contribution in [0.2, 0.25) is 0 Å². The lowest BCUT2D eigenvalue weighted by molar-refractivity contribution is 0.330. The monoisotopic (exact) mass is 198 g/mol. The van der Waals surface area contributed by atoms with Gasteiger partial charge < -0.3 is 0 Å². The van der Waals surface area contributed by atoms with E-state index in [1.165, 1.54) is 44.9 Å². The van der Waals surface area contributed by atoms with Crippen LogP contribution in [-0.4, -0.2) is 6.04 Å². The van der Waals surface area contributed by atoms with E-state index in [9.17, 15) is 0 Å². The summed E-state index contributed by atoms with van der Waals surface area (Å²) in [5, 5.41) is 0. The van der Waals surface area contributed by atoms with Gasteiger partial charge in [0, 0.05) is 6.04 Å². The van der Waals surface area contributed by atoms with Crippen molar-refractivity contribution in [2.24, 2.45) is 17.7 Å². The predicted octanol–water partition coefficient (Wildman–Crippen LogP) is 2.83. The third-order valence-corrected chi connectivity index (χ3v) is 3.54. The van der Waals surface area contributed by atoms with Crippen molar-refractivity contribution in [2.75, 3.05) is 0 Å². The van der Waals surface area contributed by atoms with Gasteiger partial charge in [0.1, 0.15) is 0 Å². The van der Waals surface area contributed by atoms with Crippen LogP contribution in [0.4, 0.5) is 0 Å². The fourth-order valence-corrected chi connectivity index (χ4v) is 2.24. The molecule has 2 atom stereocenters. The molecule has 0 amide bonds. The highest BCUT2D eigenvalue weighted by Gasteiger charge is 2.31. The fraction of sp³-hybridized carbons (Fsp3) is 1.00. The van der Waals surface area contributed by atoms with E-state index in [4.69, 9.17) is 5.84 Å². The van der Waals surface area contributed by atoms with E-state index in [0.717, 1.165) is 11.8 Å². The minimum atomic E-state index is 0.594. The second-order valence-corrected chi connectivity index (χ2v) is 4.76. The Kier molecular flexibility index (Phi) is 5.49. The van der Waals surface area contributed by atoms with Gasteiger partial charge in [0.15, 0.2) is 0 Å². The molecule has 84 valence electrons. The Morgan fingerprint density at radius 1 is 1.36 bits per heavy atom. The number of rotatable bonds is 8. The Morgan fingerprint density at radius 3 is 2.50 bits per heavy atom. The quantitative estimate of drug-likeness (QED) is 0.465. The minimum absolute atomic E-state index is 0.594. The topological polar surface area (TPSA) is 38.0 Å². The smallest absolute Gasteiger partial charge is 0.0241 e. The van der Waals surface area contributed by atoms with Crippen molar-refractivity contribution in [3.8, 4) is 0 Å². The Hall–Kier alpha value is -0.0800. The number of hydrogen-bond donors (Lipinski definition) is 2. The molecule has 0 radical (unpaired) electrons. The molecular weight excluding hydrogens is 172 g/mol. The second-order valence-electron chi connectivity index (χ2n) is 4.76. The SMILES string of the molecule is CCCCC(CC)CC(NN)C1CC1. The highest BCUT2D eigenvalue weighted by atomic mass is 15.2. The van der Waals surface area contributed by atoms with Crippen LogP contribution in [0.25, 0.3) is 0 Å². The Labute approximate surface area is 88.6 Å². The summed E-state index contributed by atoms with van der Waals surface area (Å²) in [6.45, 7) is 4.58. The number of hydrazine groups is 1. The second kappa shape index (κ2) is 6.41. The summed E-state index contributed by atoms with van der Waals surface area (Å²) in [6, 6.07) is 0.594. The van der Waals surface area contributed by atoms with Crippen LogP contribution in [0.5, 0.6) is 0 Å². The highest BCUT2D eigenvalue weighted by Crippen LogP contribution is 2.36. The van der Waals surface area contributed by atoms with E-state index in [1.807, 2.05) is 0 Å². The molecular formula is C12H26N2. The number of unbranched alkanes of at least 4 members (excludes halogenated alkanes) is 1. The van der Waals surface area contributed by atoms with Gasteiger partial charge in [0.2, 0.25) is 0 Å². The fourth-order valence-electron chi connectivity index (χ4n) is 2.24. The van der Waals surface area contributed by atoms with Crippen molar-refractivity contribution in [1.29, 1.82) is 0 Å². The van der Waals surface area contributed by atoms with Crippen molar-refractivity contribution in [3.05, 3.63) is 0 Å². The number of nitrogens with one attached hydrogen (secondary N) is 1. The van der Waals surface area contributed by atoms with Gasteiger partial charge in [-0.1, -0.05) is 39.5 Å². The van der Waals surface area contributed by atoms with E-state index >= 15 is 0 Å². The van der Waals surface area contributed by atoms with Gasteiger partial charge in [-0.2, -0.15) is 0 Å². The third kappa shape index (κ3) is 3.97. The van der Waals surface area contributed by atoms with Crippen molar-refractivity contribution < 1.29 is 0 Å². The van der Waals surface area contributed by atoms with Gasteiger partial charge >= 0.3 is 0 Å². The average Bonchev–Trinajstić information content (AvgIpc) is 3.02. The van der Waals surface area contributed by atoms with Gasteiger partial charge in [-0.25, -0.2) is 0 Å². The summed E-state index contributed by atoms with van der Waals surface area (Å²) in [6.07, 6.45) is 9.46. The van der Waals surface area contributed by atoms with Crippen LogP contribution < -0.4 is 11.3 Å². The van der Waals surface area contributed by atoms with E-state index in [-0.39, 0.29) is 0 Å². The van der Waals surface area contributed by atoms with Crippen molar-refractivity contribution >= 4 is 0 Å². The van der Waals surface area contributed by atoms with E-state index < -0.39 is 0 Å². The molecule has 3 N–H and O–H groups in total. The largest absolute Gasteiger partial charge is 0.271 e. The maximum atomic E-state index is 5.60. The lowest BCUT2D eigenvalue weighted by Crippen LogP contribution is -2.38. The maximum absolute atomic E-state index is 5.60. The Balaban J connectivity index is 2.22. The molecule has 0 saturated heterocycles. The molecule has 0 aromatic rings. The minimum Gasteiger partial charge on any atom is -0.271 e. The molecule has 1 saturated carbocycles. The number of nitrogens with two attached hydrogens (primary N) is 1. The van der Waals surface area contributed by atoms with Gasteiger partial charge in [-0.15, -0.1) is 0 Å². The first kappa shape index (κ1) is 12.0. The van der Waals surface area contributed by atoms with Crippen LogP contribution in [0.1, 0.15) is 58.8 Å². The molecule has 2 heteroatoms. The number of hydrogen-bond acceptors (Lipinski definition) is 2. The summed E-state index contributed by atoms with van der Waals surface area (Å²) in [5.41, 5.74) is 3.01. The average molecular weight is 198 g/mol. The van der Waals surface area contributed by atoms with Gasteiger partial charge in [0.05, 0.1) is 0 Å². The van der Waals surface area contributed by atoms with Crippen LogP contribution in [-0.2, 0) is 0 Å². The lowest BCUT2D eigenvalue weighted by Gasteiger charge is -2.21. The van der Waals surface area contributed by atoms with Crippen LogP contribution >= 0.6 is 0 Å². The molecule has 14 heavy (non-hydrogen) atoms. The van der Waals surface area contributed by atoms with Gasteiger partial charge in [0.25, 0.3) is 0 Å². The zero-order chi connectivity index (χ0) is 10.4.